The van der Waals surface area contributed by atoms with E-state index in [1.807, 2.05) is 0 Å². The van der Waals surface area contributed by atoms with E-state index in [0.29, 0.717) is 5.02 Å². The molecule has 6 heteroatoms. The molecule has 0 radical (unpaired) electrons. The molecule has 0 bridgehead atoms. The molecule has 0 aliphatic carbocycles. The van der Waals surface area contributed by atoms with Crippen molar-refractivity contribution in [2.24, 2.45) is 0 Å². The maximum atomic E-state index is 12.2. The average Bonchev–Trinajstić information content (AvgIpc) is 2.21. The van der Waals surface area contributed by atoms with Crippen molar-refractivity contribution in [2.45, 2.75) is 13.0 Å². The van der Waals surface area contributed by atoms with Crippen molar-refractivity contribution in [1.29, 1.82) is 0 Å². The highest BCUT2D eigenvalue weighted by Crippen LogP contribution is 2.16. The first-order chi connectivity index (χ1) is 7.63. The van der Waals surface area contributed by atoms with Crippen molar-refractivity contribution >= 4 is 11.6 Å². The van der Waals surface area contributed by atoms with Gasteiger partial charge in [0.05, 0.1) is 18.2 Å². The van der Waals surface area contributed by atoms with Gasteiger partial charge in [-0.1, -0.05) is 11.6 Å². The lowest BCUT2D eigenvalue weighted by Gasteiger charge is -2.21. The Morgan fingerprint density at radius 1 is 1.50 bits per heavy atom. The molecule has 16 heavy (non-hydrogen) atoms. The normalized spacial score (nSPS) is 11.4. The maximum Gasteiger partial charge on any atom is 0.251 e. The van der Waals surface area contributed by atoms with Gasteiger partial charge in [-0.3, -0.25) is 9.88 Å². The quantitative estimate of drug-likeness (QED) is 0.836. The zero-order valence-corrected chi connectivity index (χ0v) is 9.37. The third kappa shape index (κ3) is 4.38. The minimum Gasteiger partial charge on any atom is -0.395 e. The number of nitrogens with zero attached hydrogens (tertiary/aromatic N) is 2. The first-order valence-electron chi connectivity index (χ1n) is 4.83. The van der Waals surface area contributed by atoms with Crippen LogP contribution in [-0.4, -0.2) is 41.1 Å². The number of alkyl halides is 2. The van der Waals surface area contributed by atoms with E-state index in [-0.39, 0.29) is 26.2 Å². The predicted octanol–water partition coefficient (Wildman–Crippen LogP) is 1.79. The molecule has 3 nitrogen and oxygen atoms in total. The molecule has 0 unspecified atom stereocenters. The summed E-state index contributed by atoms with van der Waals surface area (Å²) in [5, 5.41) is 9.21. The summed E-state index contributed by atoms with van der Waals surface area (Å²) < 4.78 is 24.5. The van der Waals surface area contributed by atoms with Crippen molar-refractivity contribution in [2.75, 3.05) is 19.7 Å². The topological polar surface area (TPSA) is 36.4 Å². The van der Waals surface area contributed by atoms with Gasteiger partial charge < -0.3 is 5.11 Å². The minimum atomic E-state index is -2.42. The van der Waals surface area contributed by atoms with Crippen LogP contribution >= 0.6 is 11.6 Å². The van der Waals surface area contributed by atoms with Gasteiger partial charge in [0, 0.05) is 25.5 Å². The standard InChI is InChI=1S/C10H13ClF2N2O/c11-9-5-14-2-1-8(9)6-15(3-4-16)7-10(12)13/h1-2,5,10,16H,3-4,6-7H2. The Kier molecular flexibility index (Phi) is 5.59. The van der Waals surface area contributed by atoms with Gasteiger partial charge in [0.15, 0.2) is 0 Å². The molecule has 1 aromatic heterocycles. The number of hydrogen-bond acceptors (Lipinski definition) is 3. The van der Waals surface area contributed by atoms with Crippen LogP contribution in [-0.2, 0) is 6.54 Å². The van der Waals surface area contributed by atoms with Crippen molar-refractivity contribution < 1.29 is 13.9 Å². The summed E-state index contributed by atoms with van der Waals surface area (Å²) in [4.78, 5) is 5.26. The Hall–Kier alpha value is -0.780. The zero-order chi connectivity index (χ0) is 12.0. The highest BCUT2D eigenvalue weighted by Gasteiger charge is 2.13. The van der Waals surface area contributed by atoms with Crippen molar-refractivity contribution in [3.63, 3.8) is 0 Å². The van der Waals surface area contributed by atoms with Gasteiger partial charge in [-0.15, -0.1) is 0 Å². The van der Waals surface area contributed by atoms with Crippen LogP contribution in [0.15, 0.2) is 18.5 Å². The lowest BCUT2D eigenvalue weighted by Crippen LogP contribution is -2.31. The number of pyridine rings is 1. The molecule has 1 rings (SSSR count). The van der Waals surface area contributed by atoms with Crippen LogP contribution in [0.5, 0.6) is 0 Å². The van der Waals surface area contributed by atoms with Gasteiger partial charge in [0.25, 0.3) is 6.43 Å². The highest BCUT2D eigenvalue weighted by atomic mass is 35.5. The molecule has 0 aliphatic rings. The van der Waals surface area contributed by atoms with Crippen LogP contribution in [0.25, 0.3) is 0 Å². The predicted molar refractivity (Wildman–Crippen MR) is 57.6 cm³/mol. The van der Waals surface area contributed by atoms with E-state index >= 15 is 0 Å². The van der Waals surface area contributed by atoms with Gasteiger partial charge in [-0.25, -0.2) is 8.78 Å². The van der Waals surface area contributed by atoms with Gasteiger partial charge >= 0.3 is 0 Å². The number of aliphatic hydroxyl groups excluding tert-OH is 1. The SMILES string of the molecule is OCCN(Cc1ccncc1Cl)CC(F)F. The smallest absolute Gasteiger partial charge is 0.251 e. The summed E-state index contributed by atoms with van der Waals surface area (Å²) in [5.74, 6) is 0. The summed E-state index contributed by atoms with van der Waals surface area (Å²) in [6, 6.07) is 1.68. The fourth-order valence-electron chi connectivity index (χ4n) is 1.34. The second-order valence-corrected chi connectivity index (χ2v) is 3.72. The molecule has 0 atom stereocenters. The first-order valence-corrected chi connectivity index (χ1v) is 5.21. The van der Waals surface area contributed by atoms with Crippen molar-refractivity contribution in [1.82, 2.24) is 9.88 Å². The number of aliphatic hydroxyl groups is 1. The van der Waals surface area contributed by atoms with Crippen LogP contribution in [0, 0.1) is 0 Å². The Labute approximate surface area is 97.7 Å². The Bertz CT molecular complexity index is 325. The number of hydrogen-bond donors (Lipinski definition) is 1. The monoisotopic (exact) mass is 250 g/mol. The summed E-state index contributed by atoms with van der Waals surface area (Å²) in [6.45, 7) is -0.0517. The van der Waals surface area contributed by atoms with E-state index in [2.05, 4.69) is 4.98 Å². The largest absolute Gasteiger partial charge is 0.395 e. The van der Waals surface area contributed by atoms with Gasteiger partial charge in [0.1, 0.15) is 0 Å². The molecule has 1 heterocycles. The second-order valence-electron chi connectivity index (χ2n) is 3.32. The third-order valence-corrected chi connectivity index (χ3v) is 2.40. The third-order valence-electron chi connectivity index (χ3n) is 2.06. The molecule has 1 N–H and O–H groups in total. The number of halogens is 3. The summed E-state index contributed by atoms with van der Waals surface area (Å²) in [6.07, 6.45) is 0.601. The van der Waals surface area contributed by atoms with E-state index in [4.69, 9.17) is 16.7 Å². The van der Waals surface area contributed by atoms with Crippen molar-refractivity contribution in [3.05, 3.63) is 29.0 Å². The first kappa shape index (κ1) is 13.3. The van der Waals surface area contributed by atoms with Gasteiger partial charge in [-0.05, 0) is 11.6 Å². The molecular formula is C10H13ClF2N2O. The van der Waals surface area contributed by atoms with Gasteiger partial charge in [0.2, 0.25) is 0 Å². The van der Waals surface area contributed by atoms with E-state index in [9.17, 15) is 8.78 Å². The minimum absolute atomic E-state index is 0.157. The Balaban J connectivity index is 2.64. The highest BCUT2D eigenvalue weighted by molar-refractivity contribution is 6.31. The van der Waals surface area contributed by atoms with E-state index in [0.717, 1.165) is 5.56 Å². The molecule has 1 aromatic rings. The molecule has 0 saturated carbocycles. The molecule has 0 amide bonds. The van der Waals surface area contributed by atoms with Crippen LogP contribution in [0.3, 0.4) is 0 Å². The Morgan fingerprint density at radius 2 is 2.25 bits per heavy atom. The van der Waals surface area contributed by atoms with Crippen molar-refractivity contribution in [3.8, 4) is 0 Å². The van der Waals surface area contributed by atoms with Gasteiger partial charge in [-0.2, -0.15) is 0 Å². The lowest BCUT2D eigenvalue weighted by atomic mass is 10.2. The fraction of sp³-hybridized carbons (Fsp3) is 0.500. The molecule has 0 spiro atoms. The summed E-state index contributed by atoms with van der Waals surface area (Å²) in [7, 11) is 0. The second kappa shape index (κ2) is 6.73. The molecule has 0 saturated heterocycles. The fourth-order valence-corrected chi connectivity index (χ4v) is 1.52. The molecule has 90 valence electrons. The molecular weight excluding hydrogens is 238 g/mol. The van der Waals surface area contributed by atoms with Crippen LogP contribution in [0.2, 0.25) is 5.02 Å². The number of rotatable bonds is 6. The zero-order valence-electron chi connectivity index (χ0n) is 8.61. The van der Waals surface area contributed by atoms with E-state index in [1.54, 1.807) is 12.3 Å². The molecule has 0 aliphatic heterocycles. The molecule has 0 fully saturated rings. The van der Waals surface area contributed by atoms with E-state index in [1.165, 1.54) is 11.1 Å². The summed E-state index contributed by atoms with van der Waals surface area (Å²) >= 11 is 5.87. The lowest BCUT2D eigenvalue weighted by molar-refractivity contribution is 0.0746. The Morgan fingerprint density at radius 3 is 2.81 bits per heavy atom. The molecule has 0 aromatic carbocycles. The van der Waals surface area contributed by atoms with Crippen LogP contribution < -0.4 is 0 Å². The van der Waals surface area contributed by atoms with Crippen LogP contribution in [0.1, 0.15) is 5.56 Å². The average molecular weight is 251 g/mol. The van der Waals surface area contributed by atoms with Crippen LogP contribution in [0.4, 0.5) is 8.78 Å². The summed E-state index contributed by atoms with van der Waals surface area (Å²) in [5.41, 5.74) is 0.728. The van der Waals surface area contributed by atoms with E-state index < -0.39 is 6.43 Å². The number of aromatic nitrogens is 1. The maximum absolute atomic E-state index is 12.2.